The molecular formula is C28H31BrN2O5. The second-order valence-corrected chi connectivity index (χ2v) is 9.84. The van der Waals surface area contributed by atoms with Crippen molar-refractivity contribution in [1.82, 2.24) is 9.80 Å². The first-order valence-electron chi connectivity index (χ1n) is 12.1. The van der Waals surface area contributed by atoms with Crippen LogP contribution < -0.4 is 4.74 Å². The average Bonchev–Trinajstić information content (AvgIpc) is 3.13. The molecule has 4 rings (SSSR count). The summed E-state index contributed by atoms with van der Waals surface area (Å²) < 4.78 is 11.9. The van der Waals surface area contributed by atoms with Crippen LogP contribution >= 0.6 is 15.9 Å². The van der Waals surface area contributed by atoms with Gasteiger partial charge < -0.3 is 19.5 Å². The van der Waals surface area contributed by atoms with Crippen LogP contribution in [0.25, 0.3) is 5.76 Å². The van der Waals surface area contributed by atoms with Crippen molar-refractivity contribution in [2.45, 2.75) is 19.4 Å². The van der Waals surface area contributed by atoms with Gasteiger partial charge in [0, 0.05) is 36.2 Å². The van der Waals surface area contributed by atoms with Crippen LogP contribution in [0.2, 0.25) is 0 Å². The highest BCUT2D eigenvalue weighted by molar-refractivity contribution is 9.10. The number of Topliss-reactive ketones (excluding diaryl/α,β-unsaturated/α-hetero) is 1. The summed E-state index contributed by atoms with van der Waals surface area (Å²) in [5.41, 5.74) is 2.11. The highest BCUT2D eigenvalue weighted by Gasteiger charge is 2.46. The number of hydrogen-bond donors (Lipinski definition) is 1. The van der Waals surface area contributed by atoms with Crippen LogP contribution in [-0.4, -0.2) is 72.6 Å². The van der Waals surface area contributed by atoms with E-state index in [0.29, 0.717) is 44.1 Å². The van der Waals surface area contributed by atoms with Crippen molar-refractivity contribution in [1.29, 1.82) is 0 Å². The number of ketones is 1. The number of likely N-dealkylation sites (tertiary alicyclic amines) is 1. The van der Waals surface area contributed by atoms with E-state index < -0.39 is 17.7 Å². The van der Waals surface area contributed by atoms with Gasteiger partial charge in [0.25, 0.3) is 11.7 Å². The van der Waals surface area contributed by atoms with Gasteiger partial charge >= 0.3 is 0 Å². The molecule has 2 aromatic carbocycles. The minimum Gasteiger partial charge on any atom is -0.507 e. The SMILES string of the molecule is C=CCOc1ccc(C(O)=C2C(=O)C(=O)N(CCCN3CCOCC3)[C@@H]2c2ccc(Br)cc2)c(C)c1. The first kappa shape index (κ1) is 26.1. The van der Waals surface area contributed by atoms with Crippen LogP contribution in [0.15, 0.2) is 65.2 Å². The number of aliphatic hydroxyl groups is 1. The van der Waals surface area contributed by atoms with E-state index in [0.717, 1.165) is 35.2 Å². The van der Waals surface area contributed by atoms with Gasteiger partial charge in [-0.2, -0.15) is 0 Å². The lowest BCUT2D eigenvalue weighted by atomic mass is 9.94. The van der Waals surface area contributed by atoms with Crippen LogP contribution in [-0.2, 0) is 14.3 Å². The second kappa shape index (κ2) is 11.9. The predicted octanol–water partition coefficient (Wildman–Crippen LogP) is 4.47. The van der Waals surface area contributed by atoms with Crippen molar-refractivity contribution >= 4 is 33.4 Å². The van der Waals surface area contributed by atoms with Crippen LogP contribution in [0, 0.1) is 6.92 Å². The Kier molecular flexibility index (Phi) is 8.61. The zero-order valence-electron chi connectivity index (χ0n) is 20.4. The van der Waals surface area contributed by atoms with Crippen molar-refractivity contribution in [2.75, 3.05) is 46.0 Å². The minimum atomic E-state index is -0.668. The maximum absolute atomic E-state index is 13.3. The predicted molar refractivity (Wildman–Crippen MR) is 142 cm³/mol. The summed E-state index contributed by atoms with van der Waals surface area (Å²) in [5, 5.41) is 11.4. The highest BCUT2D eigenvalue weighted by atomic mass is 79.9. The number of carbonyl (C=O) groups excluding carboxylic acids is 2. The molecule has 0 aliphatic carbocycles. The number of benzene rings is 2. The van der Waals surface area contributed by atoms with Crippen LogP contribution in [0.4, 0.5) is 0 Å². The third-order valence-electron chi connectivity index (χ3n) is 6.52. The van der Waals surface area contributed by atoms with Crippen LogP contribution in [0.1, 0.15) is 29.2 Å². The molecule has 2 aliphatic rings. The lowest BCUT2D eigenvalue weighted by Gasteiger charge is -2.29. The zero-order valence-corrected chi connectivity index (χ0v) is 22.0. The maximum atomic E-state index is 13.3. The van der Waals surface area contributed by atoms with E-state index in [1.165, 1.54) is 0 Å². The normalized spacial score (nSPS) is 20.1. The number of aryl methyl sites for hydroxylation is 1. The number of nitrogens with zero attached hydrogens (tertiary/aromatic N) is 2. The first-order valence-corrected chi connectivity index (χ1v) is 12.9. The Balaban J connectivity index is 1.67. The molecule has 0 bridgehead atoms. The summed E-state index contributed by atoms with van der Waals surface area (Å²) in [6, 6.07) is 12.1. The lowest BCUT2D eigenvalue weighted by molar-refractivity contribution is -0.140. The van der Waals surface area contributed by atoms with Gasteiger partial charge in [-0.15, -0.1) is 0 Å². The molecule has 2 fully saturated rings. The molecule has 36 heavy (non-hydrogen) atoms. The summed E-state index contributed by atoms with van der Waals surface area (Å²) in [7, 11) is 0. The lowest BCUT2D eigenvalue weighted by Crippen LogP contribution is -2.38. The molecule has 0 unspecified atom stereocenters. The van der Waals surface area contributed by atoms with E-state index in [2.05, 4.69) is 27.4 Å². The largest absolute Gasteiger partial charge is 0.507 e. The Bertz CT molecular complexity index is 1160. The number of halogens is 1. The summed E-state index contributed by atoms with van der Waals surface area (Å²) in [6.45, 7) is 10.2. The van der Waals surface area contributed by atoms with Crippen molar-refractivity contribution in [3.8, 4) is 5.75 Å². The topological polar surface area (TPSA) is 79.3 Å². The molecule has 1 atom stereocenters. The van der Waals surface area contributed by atoms with Gasteiger partial charge in [0.05, 0.1) is 24.8 Å². The van der Waals surface area contributed by atoms with E-state index >= 15 is 0 Å². The number of hydrogen-bond acceptors (Lipinski definition) is 6. The van der Waals surface area contributed by atoms with Crippen molar-refractivity contribution < 1.29 is 24.2 Å². The molecule has 7 nitrogen and oxygen atoms in total. The molecule has 2 aliphatic heterocycles. The number of aliphatic hydroxyl groups excluding tert-OH is 1. The number of ether oxygens (including phenoxy) is 2. The van der Waals surface area contributed by atoms with Gasteiger partial charge in [-0.3, -0.25) is 14.5 Å². The van der Waals surface area contributed by atoms with Crippen molar-refractivity contribution in [3.63, 3.8) is 0 Å². The molecule has 1 amide bonds. The van der Waals surface area contributed by atoms with E-state index in [1.54, 1.807) is 29.2 Å². The van der Waals surface area contributed by atoms with E-state index in [4.69, 9.17) is 9.47 Å². The molecule has 0 radical (unpaired) electrons. The summed E-state index contributed by atoms with van der Waals surface area (Å²) in [6.07, 6.45) is 2.37. The summed E-state index contributed by atoms with van der Waals surface area (Å²) in [5.74, 6) is -0.796. The van der Waals surface area contributed by atoms with Crippen LogP contribution in [0.3, 0.4) is 0 Å². The van der Waals surface area contributed by atoms with Crippen molar-refractivity contribution in [3.05, 3.63) is 81.9 Å². The molecule has 2 saturated heterocycles. The zero-order chi connectivity index (χ0) is 25.7. The van der Waals surface area contributed by atoms with E-state index in [-0.39, 0.29) is 11.3 Å². The molecule has 8 heteroatoms. The highest BCUT2D eigenvalue weighted by Crippen LogP contribution is 2.40. The Morgan fingerprint density at radius 2 is 1.89 bits per heavy atom. The fourth-order valence-corrected chi connectivity index (χ4v) is 4.95. The monoisotopic (exact) mass is 554 g/mol. The van der Waals surface area contributed by atoms with Gasteiger partial charge in [-0.1, -0.05) is 40.7 Å². The fraction of sp³-hybridized carbons (Fsp3) is 0.357. The fourth-order valence-electron chi connectivity index (χ4n) is 4.68. The molecule has 2 aromatic rings. The second-order valence-electron chi connectivity index (χ2n) is 8.93. The van der Waals surface area contributed by atoms with Crippen LogP contribution in [0.5, 0.6) is 5.75 Å². The van der Waals surface area contributed by atoms with E-state index in [9.17, 15) is 14.7 Å². The van der Waals surface area contributed by atoms with E-state index in [1.807, 2.05) is 31.2 Å². The van der Waals surface area contributed by atoms with Gasteiger partial charge in [0.1, 0.15) is 18.1 Å². The molecule has 0 aromatic heterocycles. The Hall–Kier alpha value is -2.94. The number of morpholine rings is 1. The molecule has 2 heterocycles. The Labute approximate surface area is 220 Å². The third kappa shape index (κ3) is 5.72. The number of rotatable bonds is 9. The van der Waals surface area contributed by atoms with Gasteiger partial charge in [-0.05, 0) is 54.8 Å². The van der Waals surface area contributed by atoms with Gasteiger partial charge in [0.15, 0.2) is 0 Å². The molecule has 1 N–H and O–H groups in total. The minimum absolute atomic E-state index is 0.108. The third-order valence-corrected chi connectivity index (χ3v) is 7.05. The Morgan fingerprint density at radius 1 is 1.17 bits per heavy atom. The van der Waals surface area contributed by atoms with Crippen molar-refractivity contribution in [2.24, 2.45) is 0 Å². The maximum Gasteiger partial charge on any atom is 0.295 e. The first-order chi connectivity index (χ1) is 17.4. The molecule has 190 valence electrons. The standard InChI is InChI=1S/C28H31BrN2O5/c1-3-15-36-22-9-10-23(19(2)18-22)26(32)24-25(20-5-7-21(29)8-6-20)31(28(34)27(24)33)12-4-11-30-13-16-35-17-14-30/h3,5-10,18,25,32H,1,4,11-17H2,2H3/t25-/m1/s1. The summed E-state index contributed by atoms with van der Waals surface area (Å²) in [4.78, 5) is 30.4. The molecule has 0 saturated carbocycles. The Morgan fingerprint density at radius 3 is 2.56 bits per heavy atom. The quantitative estimate of drug-likeness (QED) is 0.213. The smallest absolute Gasteiger partial charge is 0.295 e. The average molecular weight is 555 g/mol. The molecular weight excluding hydrogens is 524 g/mol. The molecule has 0 spiro atoms. The van der Waals surface area contributed by atoms with Gasteiger partial charge in [-0.25, -0.2) is 0 Å². The summed E-state index contributed by atoms with van der Waals surface area (Å²) >= 11 is 3.45. The number of amides is 1. The van der Waals surface area contributed by atoms with Gasteiger partial charge in [0.2, 0.25) is 0 Å². The number of carbonyl (C=O) groups is 2.